The predicted molar refractivity (Wildman–Crippen MR) is 80.0 cm³/mol. The Labute approximate surface area is 125 Å². The molecule has 0 saturated carbocycles. The number of aromatic hydroxyl groups is 1. The maximum Gasteiger partial charge on any atom is 0.302 e. The van der Waals surface area contributed by atoms with Crippen molar-refractivity contribution in [1.29, 1.82) is 0 Å². The summed E-state index contributed by atoms with van der Waals surface area (Å²) in [5.41, 5.74) is 0. The number of phenolic OH excluding ortho intramolecular Hbond substituents is 1. The summed E-state index contributed by atoms with van der Waals surface area (Å²) in [6, 6.07) is 8.71. The molecule has 0 aliphatic heterocycles. The highest BCUT2D eigenvalue weighted by atomic mass is 16.6. The van der Waals surface area contributed by atoms with Gasteiger partial charge in [-0.3, -0.25) is 4.79 Å². The second-order valence-corrected chi connectivity index (χ2v) is 4.24. The average molecular weight is 302 g/mol. The van der Waals surface area contributed by atoms with E-state index in [1.807, 2.05) is 6.07 Å². The van der Waals surface area contributed by atoms with Gasteiger partial charge < -0.3 is 24.8 Å². The molecule has 0 saturated heterocycles. The normalized spacial score (nSPS) is 11.9. The number of methoxy groups -OCH3 is 1. The number of ether oxygens (including phenoxy) is 2. The average Bonchev–Trinajstić information content (AvgIpc) is 2.40. The van der Waals surface area contributed by atoms with Gasteiger partial charge in [-0.25, -0.2) is 0 Å². The van der Waals surface area contributed by atoms with E-state index in [1.54, 1.807) is 38.3 Å². The van der Waals surface area contributed by atoms with E-state index in [0.717, 1.165) is 0 Å². The van der Waals surface area contributed by atoms with E-state index in [-0.39, 0.29) is 18.7 Å². The van der Waals surface area contributed by atoms with Gasteiger partial charge in [-0.05, 0) is 26.0 Å². The molecule has 6 heteroatoms. The van der Waals surface area contributed by atoms with Crippen LogP contribution in [0.3, 0.4) is 0 Å². The summed E-state index contributed by atoms with van der Waals surface area (Å²) in [6.45, 7) is 5.01. The molecule has 0 spiro atoms. The van der Waals surface area contributed by atoms with Gasteiger partial charge in [0.1, 0.15) is 11.9 Å². The predicted octanol–water partition coefficient (Wildman–Crippen LogP) is 1.34. The number of hydrogen-bond donors (Lipinski definition) is 3. The first-order valence-electron chi connectivity index (χ1n) is 6.52. The van der Waals surface area contributed by atoms with Gasteiger partial charge in [0.15, 0.2) is 0 Å². The van der Waals surface area contributed by atoms with Crippen LogP contribution in [-0.4, -0.2) is 53.8 Å². The Balaban J connectivity index is 0. The number of esters is 1. The lowest BCUT2D eigenvalue weighted by molar-refractivity contribution is -0.147. The maximum absolute atomic E-state index is 10.3. The quantitative estimate of drug-likeness (QED) is 0.726. The van der Waals surface area contributed by atoms with Gasteiger partial charge in [-0.1, -0.05) is 18.2 Å². The Morgan fingerprint density at radius 3 is 1.95 bits per heavy atom. The van der Waals surface area contributed by atoms with E-state index in [2.05, 4.69) is 0 Å². The van der Waals surface area contributed by atoms with E-state index >= 15 is 0 Å². The summed E-state index contributed by atoms with van der Waals surface area (Å²) < 4.78 is 9.45. The van der Waals surface area contributed by atoms with Gasteiger partial charge in [-0.15, -0.1) is 0 Å². The lowest BCUT2D eigenvalue weighted by atomic mass is 10.3. The highest BCUT2D eigenvalue weighted by Gasteiger charge is 2.02. The van der Waals surface area contributed by atoms with E-state index in [0.29, 0.717) is 12.4 Å². The number of carbonyl (C=O) groups excluding carboxylic acids is 1. The van der Waals surface area contributed by atoms with Crippen molar-refractivity contribution >= 4 is 5.97 Å². The minimum absolute atomic E-state index is 0.132. The van der Waals surface area contributed by atoms with Gasteiger partial charge in [0.25, 0.3) is 0 Å². The Morgan fingerprint density at radius 1 is 1.24 bits per heavy atom. The van der Waals surface area contributed by atoms with Crippen LogP contribution in [0.5, 0.6) is 5.75 Å². The summed E-state index contributed by atoms with van der Waals surface area (Å²) in [7, 11) is 1.57. The Bertz CT molecular complexity index is 339. The van der Waals surface area contributed by atoms with Crippen LogP contribution < -0.4 is 0 Å². The first-order valence-corrected chi connectivity index (χ1v) is 6.52. The number of para-hydroxylation sites is 1. The number of aliphatic hydroxyl groups excluding tert-OH is 2. The number of benzene rings is 1. The van der Waals surface area contributed by atoms with Crippen molar-refractivity contribution in [2.24, 2.45) is 0 Å². The van der Waals surface area contributed by atoms with Crippen molar-refractivity contribution in [3.05, 3.63) is 30.3 Å². The SMILES string of the molecule is CC(O)CO.COCC(C)OC(C)=O.Oc1ccccc1. The minimum atomic E-state index is -0.560. The zero-order valence-corrected chi connectivity index (χ0v) is 13.0. The van der Waals surface area contributed by atoms with Crippen LogP contribution in [0, 0.1) is 0 Å². The molecule has 0 heterocycles. The third kappa shape index (κ3) is 20.8. The van der Waals surface area contributed by atoms with Crippen molar-refractivity contribution in [1.82, 2.24) is 0 Å². The Morgan fingerprint density at radius 2 is 1.71 bits per heavy atom. The molecule has 0 aromatic heterocycles. The molecule has 3 N–H and O–H groups in total. The van der Waals surface area contributed by atoms with Crippen molar-refractivity contribution in [3.63, 3.8) is 0 Å². The van der Waals surface area contributed by atoms with E-state index in [4.69, 9.17) is 24.8 Å². The van der Waals surface area contributed by atoms with E-state index in [9.17, 15) is 4.79 Å². The Kier molecular flexibility index (Phi) is 15.2. The van der Waals surface area contributed by atoms with Crippen molar-refractivity contribution < 1.29 is 29.6 Å². The summed E-state index contributed by atoms with van der Waals surface area (Å²) in [6.07, 6.45) is -0.692. The first kappa shape index (κ1) is 21.7. The molecule has 1 rings (SSSR count). The van der Waals surface area contributed by atoms with Crippen LogP contribution in [0.15, 0.2) is 30.3 Å². The van der Waals surface area contributed by atoms with E-state index < -0.39 is 6.10 Å². The number of aliphatic hydroxyl groups is 2. The molecule has 1 aromatic carbocycles. The summed E-state index contributed by atoms with van der Waals surface area (Å²) in [4.78, 5) is 10.3. The van der Waals surface area contributed by atoms with Gasteiger partial charge in [0.2, 0.25) is 0 Å². The van der Waals surface area contributed by atoms with Gasteiger partial charge in [0.05, 0.1) is 19.3 Å². The van der Waals surface area contributed by atoms with Gasteiger partial charge >= 0.3 is 5.97 Å². The molecule has 21 heavy (non-hydrogen) atoms. The number of hydrogen-bond acceptors (Lipinski definition) is 6. The topological polar surface area (TPSA) is 96.2 Å². The molecule has 0 fully saturated rings. The smallest absolute Gasteiger partial charge is 0.302 e. The van der Waals surface area contributed by atoms with Crippen LogP contribution in [0.4, 0.5) is 0 Å². The van der Waals surface area contributed by atoms with Crippen LogP contribution in [-0.2, 0) is 14.3 Å². The summed E-state index contributed by atoms with van der Waals surface area (Å²) in [5, 5.41) is 24.6. The second-order valence-electron chi connectivity index (χ2n) is 4.24. The lowest BCUT2D eigenvalue weighted by Crippen LogP contribution is -2.17. The third-order valence-electron chi connectivity index (χ3n) is 1.79. The van der Waals surface area contributed by atoms with Gasteiger partial charge in [0, 0.05) is 14.0 Å². The molecule has 2 unspecified atom stereocenters. The van der Waals surface area contributed by atoms with Crippen molar-refractivity contribution in [3.8, 4) is 5.75 Å². The maximum atomic E-state index is 10.3. The number of rotatable bonds is 4. The fourth-order valence-electron chi connectivity index (χ4n) is 0.980. The highest BCUT2D eigenvalue weighted by Crippen LogP contribution is 2.02. The molecule has 0 aliphatic carbocycles. The summed E-state index contributed by atoms with van der Waals surface area (Å²) >= 11 is 0. The summed E-state index contributed by atoms with van der Waals surface area (Å²) in [5.74, 6) is 0.0575. The van der Waals surface area contributed by atoms with Crippen LogP contribution >= 0.6 is 0 Å². The molecule has 0 bridgehead atoms. The molecule has 2 atom stereocenters. The second kappa shape index (κ2) is 14.8. The van der Waals surface area contributed by atoms with Crippen LogP contribution in [0.2, 0.25) is 0 Å². The van der Waals surface area contributed by atoms with Crippen LogP contribution in [0.25, 0.3) is 0 Å². The molecule has 0 amide bonds. The highest BCUT2D eigenvalue weighted by molar-refractivity contribution is 5.66. The largest absolute Gasteiger partial charge is 0.508 e. The monoisotopic (exact) mass is 302 g/mol. The standard InChI is InChI=1S/C6H12O3.C6H6O.C3H8O2/c1-5(4-8-3)9-6(2)7;7-6-4-2-1-3-5-6;1-3(5)2-4/h5H,4H2,1-3H3;1-5,7H;3-5H,2H2,1H3. The van der Waals surface area contributed by atoms with Crippen LogP contribution in [0.1, 0.15) is 20.8 Å². The van der Waals surface area contributed by atoms with Crippen molar-refractivity contribution in [2.45, 2.75) is 33.0 Å². The van der Waals surface area contributed by atoms with E-state index in [1.165, 1.54) is 13.8 Å². The number of carbonyl (C=O) groups is 1. The molecule has 0 radical (unpaired) electrons. The van der Waals surface area contributed by atoms with Gasteiger partial charge in [-0.2, -0.15) is 0 Å². The third-order valence-corrected chi connectivity index (χ3v) is 1.79. The molecular formula is C15H26O6. The molecule has 122 valence electrons. The molecule has 6 nitrogen and oxygen atoms in total. The molecule has 0 aliphatic rings. The zero-order chi connectivity index (χ0) is 16.7. The minimum Gasteiger partial charge on any atom is -0.508 e. The fraction of sp³-hybridized carbons (Fsp3) is 0.533. The molecule has 1 aromatic rings. The Hall–Kier alpha value is -1.63. The fourth-order valence-corrected chi connectivity index (χ4v) is 0.980. The molecular weight excluding hydrogens is 276 g/mol. The lowest BCUT2D eigenvalue weighted by Gasteiger charge is -2.08. The number of phenols is 1. The van der Waals surface area contributed by atoms with Crippen molar-refractivity contribution in [2.75, 3.05) is 20.3 Å². The zero-order valence-electron chi connectivity index (χ0n) is 13.0. The first-order chi connectivity index (χ1) is 9.83.